The van der Waals surface area contributed by atoms with Crippen molar-refractivity contribution >= 4 is 23.6 Å². The summed E-state index contributed by atoms with van der Waals surface area (Å²) in [6.45, 7) is 12.0. The number of ether oxygens (including phenoxy) is 1. The van der Waals surface area contributed by atoms with Crippen LogP contribution in [0.15, 0.2) is 48.0 Å². The zero-order chi connectivity index (χ0) is 25.7. The molecule has 1 amide bonds. The van der Waals surface area contributed by atoms with Gasteiger partial charge in [0.15, 0.2) is 0 Å². The smallest absolute Gasteiger partial charge is 0.262 e. The fourth-order valence-corrected chi connectivity index (χ4v) is 4.42. The van der Waals surface area contributed by atoms with Crippen molar-refractivity contribution in [2.45, 2.75) is 58.9 Å². The largest absolute Gasteiger partial charge is 0.492 e. The predicted molar refractivity (Wildman–Crippen MR) is 142 cm³/mol. The van der Waals surface area contributed by atoms with E-state index in [-0.39, 0.29) is 5.57 Å². The molecule has 1 aromatic heterocycles. The second-order valence-electron chi connectivity index (χ2n) is 8.49. The minimum atomic E-state index is -0.585. The Hall–Kier alpha value is -2.88. The van der Waals surface area contributed by atoms with Crippen LogP contribution in [0, 0.1) is 11.3 Å². The van der Waals surface area contributed by atoms with E-state index in [1.54, 1.807) is 18.2 Å². The quantitative estimate of drug-likeness (QED) is 0.198. The lowest BCUT2D eigenvalue weighted by Gasteiger charge is -2.35. The number of rotatable bonds is 14. The second kappa shape index (κ2) is 14.5. The number of pyridine rings is 1. The van der Waals surface area contributed by atoms with E-state index >= 15 is 0 Å². The fourth-order valence-electron chi connectivity index (χ4n) is 4.25. The Morgan fingerprint density at radius 2 is 1.77 bits per heavy atom. The van der Waals surface area contributed by atoms with E-state index in [1.807, 2.05) is 30.3 Å². The van der Waals surface area contributed by atoms with Gasteiger partial charge in [-0.15, -0.1) is 0 Å². The van der Waals surface area contributed by atoms with E-state index in [2.05, 4.69) is 42.9 Å². The fraction of sp³-hybridized carbons (Fsp3) is 0.464. The first-order valence-electron chi connectivity index (χ1n) is 12.4. The maximum atomic E-state index is 13.2. The molecule has 0 spiro atoms. The lowest BCUT2D eigenvalue weighted by atomic mass is 9.81. The predicted octanol–water partition coefficient (Wildman–Crippen LogP) is 5.97. The molecule has 0 saturated heterocycles. The number of hydrogen-bond acceptors (Lipinski definition) is 5. The van der Waals surface area contributed by atoms with Crippen molar-refractivity contribution in [2.24, 2.45) is 0 Å². The van der Waals surface area contributed by atoms with Crippen LogP contribution in [0.3, 0.4) is 0 Å². The van der Waals surface area contributed by atoms with Crippen molar-refractivity contribution in [1.82, 2.24) is 15.2 Å². The zero-order valence-electron chi connectivity index (χ0n) is 21.3. The van der Waals surface area contributed by atoms with Gasteiger partial charge in [0.25, 0.3) is 5.91 Å². The summed E-state index contributed by atoms with van der Waals surface area (Å²) >= 11 is 5.96. The van der Waals surface area contributed by atoms with Crippen LogP contribution in [-0.4, -0.2) is 42.0 Å². The van der Waals surface area contributed by atoms with Gasteiger partial charge in [-0.2, -0.15) is 5.26 Å². The molecule has 35 heavy (non-hydrogen) atoms. The summed E-state index contributed by atoms with van der Waals surface area (Å²) in [7, 11) is 0. The number of carbonyl (C=O) groups excluding carboxylic acids is 1. The third-order valence-corrected chi connectivity index (χ3v) is 6.29. The summed E-state index contributed by atoms with van der Waals surface area (Å²) in [4.78, 5) is 19.7. The lowest BCUT2D eigenvalue weighted by molar-refractivity contribution is -0.119. The number of nitrogens with one attached hydrogen (secondary N) is 1. The molecule has 0 atom stereocenters. The zero-order valence-corrected chi connectivity index (χ0v) is 22.1. The molecule has 6 nitrogen and oxygen atoms in total. The summed E-state index contributed by atoms with van der Waals surface area (Å²) < 4.78 is 5.94. The van der Waals surface area contributed by atoms with Crippen LogP contribution in [-0.2, 0) is 10.3 Å². The normalized spacial score (nSPS) is 11.9. The van der Waals surface area contributed by atoms with E-state index < -0.39 is 11.4 Å². The number of likely N-dealkylation sites (N-methyl/N-ethyl adjacent to an activating group) is 1. The molecule has 1 N–H and O–H groups in total. The molecule has 0 aliphatic rings. The van der Waals surface area contributed by atoms with E-state index in [0.29, 0.717) is 17.5 Å². The highest BCUT2D eigenvalue weighted by Gasteiger charge is 2.33. The molecule has 1 aromatic carbocycles. The Kier molecular flexibility index (Phi) is 11.8. The van der Waals surface area contributed by atoms with Gasteiger partial charge in [0, 0.05) is 6.54 Å². The van der Waals surface area contributed by atoms with Gasteiger partial charge in [0.2, 0.25) is 0 Å². The highest BCUT2D eigenvalue weighted by atomic mass is 35.5. The first-order valence-corrected chi connectivity index (χ1v) is 12.8. The van der Waals surface area contributed by atoms with Gasteiger partial charge in [-0.05, 0) is 61.8 Å². The van der Waals surface area contributed by atoms with Crippen molar-refractivity contribution in [3.05, 3.63) is 64.4 Å². The number of nitriles is 1. The maximum absolute atomic E-state index is 13.2. The summed E-state index contributed by atoms with van der Waals surface area (Å²) in [5, 5.41) is 13.2. The number of nitrogens with zero attached hydrogens (tertiary/aromatic N) is 3. The van der Waals surface area contributed by atoms with E-state index in [0.717, 1.165) is 56.6 Å². The standard InChI is InChI=1S/C28H37ClN4O2/c1-5-16-28(17-6-2,23-12-14-25(15-13-23)35-19-18-33(7-3)8-4)32-27(34)22(21-30)20-24-10-9-11-26(29)31-24/h9-15,20H,5-8,16-19H2,1-4H3,(H,32,34)/b22-20+. The van der Waals surface area contributed by atoms with Gasteiger partial charge in [-0.1, -0.05) is 70.3 Å². The molecule has 7 heteroatoms. The van der Waals surface area contributed by atoms with Gasteiger partial charge in [0.1, 0.15) is 29.2 Å². The SMILES string of the molecule is CCCC(CCC)(NC(=O)/C(C#N)=C/c1cccc(Cl)n1)c1ccc(OCCN(CC)CC)cc1. The molecule has 0 radical (unpaired) electrons. The van der Waals surface area contributed by atoms with Crippen molar-refractivity contribution in [1.29, 1.82) is 5.26 Å². The minimum Gasteiger partial charge on any atom is -0.492 e. The van der Waals surface area contributed by atoms with Crippen LogP contribution in [0.25, 0.3) is 6.08 Å². The molecule has 0 unspecified atom stereocenters. The minimum absolute atomic E-state index is 0.00676. The molecule has 2 aromatic rings. The van der Waals surface area contributed by atoms with E-state index in [1.165, 1.54) is 6.08 Å². The third-order valence-electron chi connectivity index (χ3n) is 6.08. The molecular weight excluding hydrogens is 460 g/mol. The first-order chi connectivity index (χ1) is 16.9. The number of aromatic nitrogens is 1. The van der Waals surface area contributed by atoms with Crippen LogP contribution in [0.5, 0.6) is 5.75 Å². The number of hydrogen-bond donors (Lipinski definition) is 1. The Morgan fingerprint density at radius 1 is 1.11 bits per heavy atom. The van der Waals surface area contributed by atoms with Crippen LogP contribution in [0.1, 0.15) is 64.6 Å². The third kappa shape index (κ3) is 8.38. The van der Waals surface area contributed by atoms with Crippen molar-refractivity contribution in [2.75, 3.05) is 26.2 Å². The molecule has 0 aliphatic carbocycles. The summed E-state index contributed by atoms with van der Waals surface area (Å²) in [5.74, 6) is 0.384. The highest BCUT2D eigenvalue weighted by Crippen LogP contribution is 2.33. The summed E-state index contributed by atoms with van der Waals surface area (Å²) in [6, 6.07) is 15.1. The van der Waals surface area contributed by atoms with Gasteiger partial charge in [-0.25, -0.2) is 4.98 Å². The lowest BCUT2D eigenvalue weighted by Crippen LogP contribution is -2.46. The molecular formula is C28H37ClN4O2. The number of carbonyl (C=O) groups is 1. The number of benzene rings is 1. The van der Waals surface area contributed by atoms with Gasteiger partial charge < -0.3 is 15.0 Å². The topological polar surface area (TPSA) is 78.2 Å². The number of amides is 1. The Labute approximate surface area is 215 Å². The Morgan fingerprint density at radius 3 is 2.31 bits per heavy atom. The van der Waals surface area contributed by atoms with Crippen molar-refractivity contribution < 1.29 is 9.53 Å². The van der Waals surface area contributed by atoms with Crippen LogP contribution in [0.2, 0.25) is 5.15 Å². The van der Waals surface area contributed by atoms with Gasteiger partial charge >= 0.3 is 0 Å². The monoisotopic (exact) mass is 496 g/mol. The van der Waals surface area contributed by atoms with Crippen LogP contribution >= 0.6 is 11.6 Å². The summed E-state index contributed by atoms with van der Waals surface area (Å²) in [6.07, 6.45) is 4.73. The van der Waals surface area contributed by atoms with E-state index in [4.69, 9.17) is 16.3 Å². The van der Waals surface area contributed by atoms with Crippen LogP contribution < -0.4 is 10.1 Å². The van der Waals surface area contributed by atoms with Gasteiger partial charge in [0.05, 0.1) is 11.2 Å². The average molecular weight is 497 g/mol. The molecule has 188 valence electrons. The molecule has 0 bridgehead atoms. The van der Waals surface area contributed by atoms with E-state index in [9.17, 15) is 10.1 Å². The highest BCUT2D eigenvalue weighted by molar-refractivity contribution is 6.29. The molecule has 0 aliphatic heterocycles. The Balaban J connectivity index is 2.25. The summed E-state index contributed by atoms with van der Waals surface area (Å²) in [5.41, 5.74) is 0.876. The molecule has 2 rings (SSSR count). The molecule has 1 heterocycles. The second-order valence-corrected chi connectivity index (χ2v) is 8.88. The van der Waals surface area contributed by atoms with Crippen molar-refractivity contribution in [3.8, 4) is 11.8 Å². The average Bonchev–Trinajstić information content (AvgIpc) is 2.85. The van der Waals surface area contributed by atoms with Gasteiger partial charge in [-0.3, -0.25) is 4.79 Å². The Bertz CT molecular complexity index is 1000. The first kappa shape index (κ1) is 28.4. The maximum Gasteiger partial charge on any atom is 0.262 e. The van der Waals surface area contributed by atoms with Crippen molar-refractivity contribution in [3.63, 3.8) is 0 Å². The molecule has 0 saturated carbocycles. The van der Waals surface area contributed by atoms with Crippen LogP contribution in [0.4, 0.5) is 0 Å². The molecule has 0 fully saturated rings. The number of halogens is 1.